The maximum absolute atomic E-state index is 4.59. The fourth-order valence-electron chi connectivity index (χ4n) is 2.46. The van der Waals surface area contributed by atoms with Gasteiger partial charge < -0.3 is 0 Å². The monoisotopic (exact) mass is 316 g/mol. The molecule has 1 aromatic carbocycles. The van der Waals surface area contributed by atoms with Gasteiger partial charge in [0.15, 0.2) is 5.82 Å². The summed E-state index contributed by atoms with van der Waals surface area (Å²) in [6.45, 7) is 0. The molecule has 1 saturated carbocycles. The summed E-state index contributed by atoms with van der Waals surface area (Å²) in [5, 5.41) is 10.3. The van der Waals surface area contributed by atoms with Gasteiger partial charge in [0.2, 0.25) is 0 Å². The average Bonchev–Trinajstić information content (AvgIpc) is 3.00. The van der Waals surface area contributed by atoms with Crippen LogP contribution in [0.2, 0.25) is 0 Å². The highest BCUT2D eigenvalue weighted by atomic mass is 79.9. The molecule has 0 saturated heterocycles. The van der Waals surface area contributed by atoms with Gasteiger partial charge in [-0.05, 0) is 25.0 Å². The van der Waals surface area contributed by atoms with Crippen LogP contribution in [0.1, 0.15) is 24.5 Å². The molecule has 4 rings (SSSR count). The predicted octanol–water partition coefficient (Wildman–Crippen LogP) is 3.40. The van der Waals surface area contributed by atoms with Gasteiger partial charge >= 0.3 is 0 Å². The lowest BCUT2D eigenvalue weighted by Crippen LogP contribution is -1.98. The molecular formula is C14H13BrN4. The third-order valence-electron chi connectivity index (χ3n) is 3.63. The third kappa shape index (κ3) is 1.80. The van der Waals surface area contributed by atoms with Gasteiger partial charge in [0.25, 0.3) is 0 Å². The molecule has 4 nitrogen and oxygen atoms in total. The molecular weight excluding hydrogens is 304 g/mol. The Bertz CT molecular complexity index is 767. The molecule has 3 aromatic rings. The number of aromatic nitrogens is 4. The largest absolute Gasteiger partial charge is 0.270 e. The second kappa shape index (κ2) is 3.93. The van der Waals surface area contributed by atoms with Crippen LogP contribution in [-0.4, -0.2) is 19.6 Å². The number of rotatable bonds is 2. The second-order valence-electron chi connectivity index (χ2n) is 5.07. The Morgan fingerprint density at radius 2 is 2.11 bits per heavy atom. The summed E-state index contributed by atoms with van der Waals surface area (Å²) in [6, 6.07) is 8.19. The first-order valence-electron chi connectivity index (χ1n) is 6.40. The number of hydrogen-bond donors (Lipinski definition) is 0. The van der Waals surface area contributed by atoms with Crippen molar-refractivity contribution >= 4 is 26.8 Å². The zero-order chi connectivity index (χ0) is 13.0. The molecule has 0 spiro atoms. The van der Waals surface area contributed by atoms with E-state index in [1.165, 1.54) is 18.5 Å². The Balaban J connectivity index is 1.85. The van der Waals surface area contributed by atoms with Crippen molar-refractivity contribution in [1.82, 2.24) is 19.6 Å². The second-order valence-corrected chi connectivity index (χ2v) is 5.93. The summed E-state index contributed by atoms with van der Waals surface area (Å²) in [5.41, 5.74) is 2.29. The van der Waals surface area contributed by atoms with E-state index in [9.17, 15) is 0 Å². The Morgan fingerprint density at radius 1 is 1.26 bits per heavy atom. The number of benzene rings is 1. The standard InChI is InChI=1S/C14H13BrN4/c1-18-13(9-5-6-9)7-14(17-18)19-8-10-11(15)3-2-4-12(10)16-19/h2-4,7-9H,5-6H2,1H3. The first-order valence-corrected chi connectivity index (χ1v) is 7.20. The van der Waals surface area contributed by atoms with Crippen LogP contribution in [0.15, 0.2) is 34.9 Å². The lowest BCUT2D eigenvalue weighted by molar-refractivity contribution is 0.696. The molecule has 2 heterocycles. The minimum atomic E-state index is 0.697. The van der Waals surface area contributed by atoms with E-state index in [-0.39, 0.29) is 0 Å². The SMILES string of the molecule is Cn1nc(-n2cc3c(Br)cccc3n2)cc1C1CC1. The van der Waals surface area contributed by atoms with Gasteiger partial charge in [0.05, 0.1) is 5.52 Å². The molecule has 2 aromatic heterocycles. The molecule has 0 aliphatic heterocycles. The van der Waals surface area contributed by atoms with E-state index < -0.39 is 0 Å². The van der Waals surface area contributed by atoms with Crippen LogP contribution in [-0.2, 0) is 7.05 Å². The van der Waals surface area contributed by atoms with E-state index in [1.54, 1.807) is 0 Å². The van der Waals surface area contributed by atoms with Crippen molar-refractivity contribution in [1.29, 1.82) is 0 Å². The topological polar surface area (TPSA) is 35.6 Å². The van der Waals surface area contributed by atoms with Gasteiger partial charge in [0, 0.05) is 40.8 Å². The molecule has 0 amide bonds. The van der Waals surface area contributed by atoms with Gasteiger partial charge in [-0.1, -0.05) is 22.0 Å². The van der Waals surface area contributed by atoms with E-state index in [2.05, 4.69) is 32.2 Å². The molecule has 0 unspecified atom stereocenters. The number of halogens is 1. The molecule has 1 aliphatic rings. The maximum atomic E-state index is 4.59. The van der Waals surface area contributed by atoms with Crippen molar-refractivity contribution in [2.24, 2.45) is 7.05 Å². The Hall–Kier alpha value is -1.62. The molecule has 0 bridgehead atoms. The van der Waals surface area contributed by atoms with Crippen LogP contribution in [0.4, 0.5) is 0 Å². The minimum Gasteiger partial charge on any atom is -0.270 e. The van der Waals surface area contributed by atoms with Gasteiger partial charge in [-0.25, -0.2) is 4.68 Å². The van der Waals surface area contributed by atoms with Gasteiger partial charge in [-0.3, -0.25) is 4.68 Å². The molecule has 96 valence electrons. The summed E-state index contributed by atoms with van der Waals surface area (Å²) in [7, 11) is 2.01. The zero-order valence-electron chi connectivity index (χ0n) is 10.5. The van der Waals surface area contributed by atoms with Crippen LogP contribution >= 0.6 is 15.9 Å². The van der Waals surface area contributed by atoms with Crippen molar-refractivity contribution in [3.05, 3.63) is 40.6 Å². The van der Waals surface area contributed by atoms with Crippen molar-refractivity contribution in [2.45, 2.75) is 18.8 Å². The molecule has 0 N–H and O–H groups in total. The van der Waals surface area contributed by atoms with Gasteiger partial charge in [0.1, 0.15) is 0 Å². The smallest absolute Gasteiger partial charge is 0.175 e. The fourth-order valence-corrected chi connectivity index (χ4v) is 2.92. The summed E-state index contributed by atoms with van der Waals surface area (Å²) in [6.07, 6.45) is 4.59. The van der Waals surface area contributed by atoms with Crippen LogP contribution in [0.3, 0.4) is 0 Å². The summed E-state index contributed by atoms with van der Waals surface area (Å²) in [4.78, 5) is 0. The number of fused-ring (bicyclic) bond motifs is 1. The number of aryl methyl sites for hydroxylation is 1. The molecule has 5 heteroatoms. The highest BCUT2D eigenvalue weighted by molar-refractivity contribution is 9.10. The molecule has 0 radical (unpaired) electrons. The van der Waals surface area contributed by atoms with Crippen molar-refractivity contribution in [2.75, 3.05) is 0 Å². The Morgan fingerprint density at radius 3 is 2.84 bits per heavy atom. The summed E-state index contributed by atoms with van der Waals surface area (Å²) < 4.78 is 4.91. The molecule has 0 atom stereocenters. The van der Waals surface area contributed by atoms with E-state index in [0.717, 1.165) is 21.2 Å². The van der Waals surface area contributed by atoms with Crippen molar-refractivity contribution in [3.8, 4) is 5.82 Å². The van der Waals surface area contributed by atoms with Crippen molar-refractivity contribution in [3.63, 3.8) is 0 Å². The first-order chi connectivity index (χ1) is 9.22. The number of nitrogens with zero attached hydrogens (tertiary/aromatic N) is 4. The van der Waals surface area contributed by atoms with Gasteiger partial charge in [-0.15, -0.1) is 0 Å². The van der Waals surface area contributed by atoms with E-state index >= 15 is 0 Å². The van der Waals surface area contributed by atoms with Crippen LogP contribution in [0, 0.1) is 0 Å². The normalized spacial score (nSPS) is 15.3. The average molecular weight is 317 g/mol. The highest BCUT2D eigenvalue weighted by Crippen LogP contribution is 2.40. The van der Waals surface area contributed by atoms with Crippen LogP contribution in [0.25, 0.3) is 16.7 Å². The fraction of sp³-hybridized carbons (Fsp3) is 0.286. The highest BCUT2D eigenvalue weighted by Gasteiger charge is 2.27. The quantitative estimate of drug-likeness (QED) is 0.726. The maximum Gasteiger partial charge on any atom is 0.175 e. The van der Waals surface area contributed by atoms with E-state index in [0.29, 0.717) is 5.92 Å². The number of hydrogen-bond acceptors (Lipinski definition) is 2. The van der Waals surface area contributed by atoms with Crippen LogP contribution < -0.4 is 0 Å². The van der Waals surface area contributed by atoms with Crippen LogP contribution in [0.5, 0.6) is 0 Å². The zero-order valence-corrected chi connectivity index (χ0v) is 12.1. The molecule has 19 heavy (non-hydrogen) atoms. The molecule has 1 fully saturated rings. The lowest BCUT2D eigenvalue weighted by atomic mass is 10.3. The van der Waals surface area contributed by atoms with Crippen molar-refractivity contribution < 1.29 is 0 Å². The first kappa shape index (κ1) is 11.2. The Labute approximate surface area is 119 Å². The lowest BCUT2D eigenvalue weighted by Gasteiger charge is -1.94. The summed E-state index contributed by atoms with van der Waals surface area (Å²) >= 11 is 3.56. The predicted molar refractivity (Wildman–Crippen MR) is 77.5 cm³/mol. The van der Waals surface area contributed by atoms with E-state index in [4.69, 9.17) is 0 Å². The minimum absolute atomic E-state index is 0.697. The summed E-state index contributed by atoms with van der Waals surface area (Å²) in [5.74, 6) is 1.59. The molecule has 1 aliphatic carbocycles. The third-order valence-corrected chi connectivity index (χ3v) is 4.32. The van der Waals surface area contributed by atoms with Gasteiger partial charge in [-0.2, -0.15) is 10.2 Å². The Kier molecular flexibility index (Phi) is 2.33. The van der Waals surface area contributed by atoms with E-state index in [1.807, 2.05) is 40.8 Å².